The van der Waals surface area contributed by atoms with E-state index >= 15 is 0 Å². The summed E-state index contributed by atoms with van der Waals surface area (Å²) in [7, 11) is 0. The van der Waals surface area contributed by atoms with Gasteiger partial charge in [0.15, 0.2) is 11.6 Å². The zero-order valence-corrected chi connectivity index (χ0v) is 8.01. The third-order valence-corrected chi connectivity index (χ3v) is 2.14. The number of hydrogen-bond donors (Lipinski definition) is 0. The van der Waals surface area contributed by atoms with Crippen molar-refractivity contribution in [2.24, 2.45) is 0 Å². The number of halogens is 2. The monoisotopic (exact) mass is 210 g/mol. The van der Waals surface area contributed by atoms with E-state index in [1.165, 1.54) is 19.3 Å². The maximum atomic E-state index is 13.2. The Morgan fingerprint density at radius 2 is 2.20 bits per heavy atom. The van der Waals surface area contributed by atoms with Crippen LogP contribution in [-0.2, 0) is 11.2 Å². The van der Waals surface area contributed by atoms with E-state index < -0.39 is 11.6 Å². The van der Waals surface area contributed by atoms with Crippen molar-refractivity contribution in [3.8, 4) is 0 Å². The van der Waals surface area contributed by atoms with Gasteiger partial charge in [-0.15, -0.1) is 0 Å². The molecule has 0 aliphatic rings. The lowest BCUT2D eigenvalue weighted by Crippen LogP contribution is -1.99. The summed E-state index contributed by atoms with van der Waals surface area (Å²) < 4.78 is 31.4. The van der Waals surface area contributed by atoms with Crippen molar-refractivity contribution < 1.29 is 18.0 Å². The van der Waals surface area contributed by atoms with Gasteiger partial charge in [0.25, 0.3) is 0 Å². The van der Waals surface area contributed by atoms with Crippen LogP contribution in [0, 0.1) is 11.6 Å². The number of Topliss-reactive ketones (excluding diaryl/α,β-unsaturated/α-hetero) is 1. The van der Waals surface area contributed by atoms with E-state index in [4.69, 9.17) is 4.42 Å². The summed E-state index contributed by atoms with van der Waals surface area (Å²) in [6.45, 7) is 1.38. The predicted molar refractivity (Wildman–Crippen MR) is 50.5 cm³/mol. The number of furan rings is 1. The first-order chi connectivity index (χ1) is 7.09. The van der Waals surface area contributed by atoms with Crippen LogP contribution in [-0.4, -0.2) is 5.78 Å². The van der Waals surface area contributed by atoms with E-state index in [0.29, 0.717) is 5.56 Å². The minimum Gasteiger partial charge on any atom is -0.464 e. The Bertz CT molecular complexity index is 529. The van der Waals surface area contributed by atoms with Crippen molar-refractivity contribution in [2.75, 3.05) is 0 Å². The minimum atomic E-state index is -0.958. The fourth-order valence-corrected chi connectivity index (χ4v) is 1.54. The highest BCUT2D eigenvalue weighted by Gasteiger charge is 2.15. The number of rotatable bonds is 2. The minimum absolute atomic E-state index is 0.0429. The third kappa shape index (κ3) is 1.63. The molecule has 2 nitrogen and oxygen atoms in total. The average molecular weight is 210 g/mol. The van der Waals surface area contributed by atoms with Crippen molar-refractivity contribution in [1.29, 1.82) is 0 Å². The molecule has 0 aliphatic carbocycles. The molecule has 0 spiro atoms. The van der Waals surface area contributed by atoms with Gasteiger partial charge in [0, 0.05) is 12.0 Å². The van der Waals surface area contributed by atoms with Gasteiger partial charge in [-0.05, 0) is 19.1 Å². The highest BCUT2D eigenvalue weighted by molar-refractivity contribution is 5.87. The molecule has 4 heteroatoms. The summed E-state index contributed by atoms with van der Waals surface area (Å²) in [6.07, 6.45) is 1.32. The standard InChI is InChI=1S/C11H8F2O2/c1-6(14)4-7-5-9(12)10(13)8-2-3-15-11(7)8/h2-3,5H,4H2,1H3. The Morgan fingerprint density at radius 1 is 1.47 bits per heavy atom. The number of hydrogen-bond acceptors (Lipinski definition) is 2. The summed E-state index contributed by atoms with van der Waals surface area (Å²) in [5.41, 5.74) is 0.616. The number of ketones is 1. The number of fused-ring (bicyclic) bond motifs is 1. The van der Waals surface area contributed by atoms with Crippen LogP contribution < -0.4 is 0 Å². The third-order valence-electron chi connectivity index (χ3n) is 2.14. The molecule has 0 fully saturated rings. The van der Waals surface area contributed by atoms with Crippen LogP contribution in [0.3, 0.4) is 0 Å². The van der Waals surface area contributed by atoms with Crippen LogP contribution in [0.2, 0.25) is 0 Å². The molecule has 1 aromatic heterocycles. The molecule has 0 unspecified atom stereocenters. The molecule has 0 radical (unpaired) electrons. The maximum absolute atomic E-state index is 13.2. The second kappa shape index (κ2) is 3.46. The van der Waals surface area contributed by atoms with E-state index in [1.54, 1.807) is 0 Å². The highest BCUT2D eigenvalue weighted by Crippen LogP contribution is 2.25. The van der Waals surface area contributed by atoms with E-state index in [0.717, 1.165) is 6.07 Å². The topological polar surface area (TPSA) is 30.2 Å². The van der Waals surface area contributed by atoms with E-state index in [1.807, 2.05) is 0 Å². The molecule has 15 heavy (non-hydrogen) atoms. The molecule has 1 aromatic carbocycles. The number of carbonyl (C=O) groups excluding carboxylic acids is 1. The van der Waals surface area contributed by atoms with Crippen LogP contribution >= 0.6 is 0 Å². The quantitative estimate of drug-likeness (QED) is 0.762. The first-order valence-electron chi connectivity index (χ1n) is 4.43. The maximum Gasteiger partial charge on any atom is 0.169 e. The van der Waals surface area contributed by atoms with Crippen molar-refractivity contribution in [3.05, 3.63) is 35.6 Å². The van der Waals surface area contributed by atoms with E-state index in [2.05, 4.69) is 0 Å². The first kappa shape index (κ1) is 9.83. The summed E-state index contributed by atoms with van der Waals surface area (Å²) in [5, 5.41) is 0.0752. The molecule has 2 rings (SSSR count). The van der Waals surface area contributed by atoms with E-state index in [-0.39, 0.29) is 23.2 Å². The molecule has 0 N–H and O–H groups in total. The van der Waals surface area contributed by atoms with Gasteiger partial charge < -0.3 is 4.42 Å². The molecule has 0 saturated carbocycles. The largest absolute Gasteiger partial charge is 0.464 e. The van der Waals surface area contributed by atoms with Gasteiger partial charge in [-0.1, -0.05) is 0 Å². The Hall–Kier alpha value is -1.71. The van der Waals surface area contributed by atoms with Crippen LogP contribution in [0.5, 0.6) is 0 Å². The van der Waals surface area contributed by atoms with Crippen LogP contribution in [0.4, 0.5) is 8.78 Å². The first-order valence-corrected chi connectivity index (χ1v) is 4.43. The lowest BCUT2D eigenvalue weighted by Gasteiger charge is -2.01. The summed E-state index contributed by atoms with van der Waals surface area (Å²) in [4.78, 5) is 10.9. The lowest BCUT2D eigenvalue weighted by atomic mass is 10.1. The second-order valence-electron chi connectivity index (χ2n) is 3.37. The molecular formula is C11H8F2O2. The van der Waals surface area contributed by atoms with Gasteiger partial charge in [-0.3, -0.25) is 4.79 Å². The van der Waals surface area contributed by atoms with Crippen molar-refractivity contribution in [3.63, 3.8) is 0 Å². The molecule has 0 bridgehead atoms. The summed E-state index contributed by atoms with van der Waals surface area (Å²) in [6, 6.07) is 2.35. The zero-order chi connectivity index (χ0) is 11.0. The Morgan fingerprint density at radius 3 is 2.87 bits per heavy atom. The van der Waals surface area contributed by atoms with Gasteiger partial charge in [-0.2, -0.15) is 0 Å². The van der Waals surface area contributed by atoms with Crippen molar-refractivity contribution in [1.82, 2.24) is 0 Å². The van der Waals surface area contributed by atoms with E-state index in [9.17, 15) is 13.6 Å². The smallest absolute Gasteiger partial charge is 0.169 e. The van der Waals surface area contributed by atoms with Gasteiger partial charge in [0.2, 0.25) is 0 Å². The van der Waals surface area contributed by atoms with Gasteiger partial charge in [-0.25, -0.2) is 8.78 Å². The van der Waals surface area contributed by atoms with Gasteiger partial charge >= 0.3 is 0 Å². The predicted octanol–water partition coefficient (Wildman–Crippen LogP) is 2.84. The molecule has 1 heterocycles. The summed E-state index contributed by atoms with van der Waals surface area (Å²) >= 11 is 0. The number of benzene rings is 1. The molecule has 0 saturated heterocycles. The SMILES string of the molecule is CC(=O)Cc1cc(F)c(F)c2ccoc12. The second-order valence-corrected chi connectivity index (χ2v) is 3.37. The molecule has 0 amide bonds. The molecule has 2 aromatic rings. The fourth-order valence-electron chi connectivity index (χ4n) is 1.54. The van der Waals surface area contributed by atoms with Gasteiger partial charge in [0.1, 0.15) is 11.4 Å². The summed E-state index contributed by atoms with van der Waals surface area (Å²) in [5.74, 6) is -2.02. The normalized spacial score (nSPS) is 10.9. The number of carbonyl (C=O) groups is 1. The van der Waals surface area contributed by atoms with Crippen molar-refractivity contribution >= 4 is 16.8 Å². The molecular weight excluding hydrogens is 202 g/mol. The molecule has 0 atom stereocenters. The average Bonchev–Trinajstić information content (AvgIpc) is 2.61. The Balaban J connectivity index is 2.68. The van der Waals surface area contributed by atoms with Crippen LogP contribution in [0.25, 0.3) is 11.0 Å². The Labute approximate surface area is 84.5 Å². The Kier molecular flexibility index (Phi) is 2.26. The van der Waals surface area contributed by atoms with Crippen LogP contribution in [0.1, 0.15) is 12.5 Å². The molecule has 0 aliphatic heterocycles. The lowest BCUT2D eigenvalue weighted by molar-refractivity contribution is -0.116. The van der Waals surface area contributed by atoms with Gasteiger partial charge in [0.05, 0.1) is 11.6 Å². The highest BCUT2D eigenvalue weighted by atomic mass is 19.2. The van der Waals surface area contributed by atoms with Crippen LogP contribution in [0.15, 0.2) is 22.8 Å². The molecule has 78 valence electrons. The fraction of sp³-hybridized carbons (Fsp3) is 0.182. The zero-order valence-electron chi connectivity index (χ0n) is 8.01. The van der Waals surface area contributed by atoms with Crippen molar-refractivity contribution in [2.45, 2.75) is 13.3 Å².